The highest BCUT2D eigenvalue weighted by molar-refractivity contribution is 5.70. The molecule has 4 heteroatoms. The van der Waals surface area contributed by atoms with Crippen LogP contribution in [-0.4, -0.2) is 50.3 Å². The van der Waals surface area contributed by atoms with Crippen molar-refractivity contribution in [2.75, 3.05) is 39.5 Å². The van der Waals surface area contributed by atoms with Crippen LogP contribution in [0.15, 0.2) is 0 Å². The van der Waals surface area contributed by atoms with Gasteiger partial charge in [-0.05, 0) is 44.4 Å². The van der Waals surface area contributed by atoms with Crippen LogP contribution in [0, 0.1) is 11.8 Å². The quantitative estimate of drug-likeness (QED) is 0.440. The molecule has 0 aromatic heterocycles. The predicted octanol–water partition coefficient (Wildman–Crippen LogP) is 1.69. The molecule has 2 rings (SSSR count). The van der Waals surface area contributed by atoms with Gasteiger partial charge in [-0.2, -0.15) is 0 Å². The SMILES string of the molecule is CCOC(=O)COCCN(CC1CC1)CC1CC1. The van der Waals surface area contributed by atoms with Gasteiger partial charge in [0.1, 0.15) is 6.61 Å². The Labute approximate surface area is 110 Å². The molecule has 0 amide bonds. The van der Waals surface area contributed by atoms with Gasteiger partial charge in [-0.1, -0.05) is 0 Å². The molecule has 0 heterocycles. The van der Waals surface area contributed by atoms with Crippen LogP contribution in [0.1, 0.15) is 32.6 Å². The molecular formula is C14H25NO3. The number of esters is 1. The predicted molar refractivity (Wildman–Crippen MR) is 69.3 cm³/mol. The molecule has 4 nitrogen and oxygen atoms in total. The maximum absolute atomic E-state index is 11.1. The van der Waals surface area contributed by atoms with E-state index in [0.29, 0.717) is 13.2 Å². The van der Waals surface area contributed by atoms with E-state index in [9.17, 15) is 4.79 Å². The lowest BCUT2D eigenvalue weighted by atomic mass is 10.3. The van der Waals surface area contributed by atoms with Gasteiger partial charge in [0.2, 0.25) is 0 Å². The molecule has 0 bridgehead atoms. The van der Waals surface area contributed by atoms with Crippen molar-refractivity contribution in [1.82, 2.24) is 4.90 Å². The topological polar surface area (TPSA) is 38.8 Å². The van der Waals surface area contributed by atoms with Gasteiger partial charge >= 0.3 is 5.97 Å². The Morgan fingerprint density at radius 1 is 1.17 bits per heavy atom. The molecular weight excluding hydrogens is 230 g/mol. The van der Waals surface area contributed by atoms with E-state index in [1.54, 1.807) is 0 Å². The Hall–Kier alpha value is -0.610. The standard InChI is InChI=1S/C14H25NO3/c1-2-18-14(16)11-17-8-7-15(9-12-3-4-12)10-13-5-6-13/h12-13H,2-11H2,1H3. The summed E-state index contributed by atoms with van der Waals surface area (Å²) < 4.78 is 10.2. The summed E-state index contributed by atoms with van der Waals surface area (Å²) in [6.07, 6.45) is 5.57. The molecule has 0 saturated heterocycles. The highest BCUT2D eigenvalue weighted by Gasteiger charge is 2.28. The Morgan fingerprint density at radius 2 is 1.78 bits per heavy atom. The fourth-order valence-corrected chi connectivity index (χ4v) is 2.14. The Kier molecular flexibility index (Phi) is 5.45. The third kappa shape index (κ3) is 5.83. The van der Waals surface area contributed by atoms with Crippen LogP contribution < -0.4 is 0 Å². The molecule has 2 saturated carbocycles. The first kappa shape index (κ1) is 13.8. The van der Waals surface area contributed by atoms with Crippen LogP contribution in [0.4, 0.5) is 0 Å². The zero-order valence-electron chi connectivity index (χ0n) is 11.4. The third-order valence-corrected chi connectivity index (χ3v) is 3.50. The van der Waals surface area contributed by atoms with Gasteiger partial charge < -0.3 is 14.4 Å². The van der Waals surface area contributed by atoms with Crippen LogP contribution in [0.2, 0.25) is 0 Å². The lowest BCUT2D eigenvalue weighted by molar-refractivity contribution is -0.148. The summed E-state index contributed by atoms with van der Waals surface area (Å²) in [5, 5.41) is 0. The molecule has 0 radical (unpaired) electrons. The minimum absolute atomic E-state index is 0.0918. The van der Waals surface area contributed by atoms with Crippen molar-refractivity contribution in [2.24, 2.45) is 11.8 Å². The Bertz CT molecular complexity index is 248. The molecule has 104 valence electrons. The normalized spacial score (nSPS) is 19.2. The number of ether oxygens (including phenoxy) is 2. The second-order valence-electron chi connectivity index (χ2n) is 5.50. The van der Waals surface area contributed by atoms with Gasteiger partial charge in [-0.15, -0.1) is 0 Å². The average molecular weight is 255 g/mol. The second kappa shape index (κ2) is 7.10. The van der Waals surface area contributed by atoms with Crippen LogP contribution >= 0.6 is 0 Å². The number of hydrogen-bond acceptors (Lipinski definition) is 4. The van der Waals surface area contributed by atoms with Crippen LogP contribution in [-0.2, 0) is 14.3 Å². The molecule has 0 spiro atoms. The van der Waals surface area contributed by atoms with E-state index in [-0.39, 0.29) is 12.6 Å². The smallest absolute Gasteiger partial charge is 0.332 e. The summed E-state index contributed by atoms with van der Waals surface area (Å²) in [7, 11) is 0. The molecule has 2 aliphatic rings. The van der Waals surface area contributed by atoms with Crippen molar-refractivity contribution in [3.05, 3.63) is 0 Å². The minimum Gasteiger partial charge on any atom is -0.464 e. The van der Waals surface area contributed by atoms with Crippen molar-refractivity contribution in [3.63, 3.8) is 0 Å². The van der Waals surface area contributed by atoms with Crippen molar-refractivity contribution in [3.8, 4) is 0 Å². The van der Waals surface area contributed by atoms with E-state index >= 15 is 0 Å². The van der Waals surface area contributed by atoms with Gasteiger partial charge in [0.05, 0.1) is 13.2 Å². The molecule has 0 aromatic carbocycles. The summed E-state index contributed by atoms with van der Waals surface area (Å²) in [5.74, 6) is 1.59. The molecule has 0 aromatic rings. The van der Waals surface area contributed by atoms with E-state index in [1.165, 1.54) is 38.8 Å². The molecule has 18 heavy (non-hydrogen) atoms. The van der Waals surface area contributed by atoms with Gasteiger partial charge in [-0.3, -0.25) is 0 Å². The molecule has 2 fully saturated rings. The Morgan fingerprint density at radius 3 is 2.28 bits per heavy atom. The number of carbonyl (C=O) groups is 1. The van der Waals surface area contributed by atoms with E-state index < -0.39 is 0 Å². The molecule has 0 aliphatic heterocycles. The third-order valence-electron chi connectivity index (χ3n) is 3.50. The number of nitrogens with zero attached hydrogens (tertiary/aromatic N) is 1. The Balaban J connectivity index is 1.54. The first-order chi connectivity index (χ1) is 8.78. The first-order valence-corrected chi connectivity index (χ1v) is 7.23. The summed E-state index contributed by atoms with van der Waals surface area (Å²) in [6, 6.07) is 0. The average Bonchev–Trinajstić information content (AvgIpc) is 3.20. The highest BCUT2D eigenvalue weighted by atomic mass is 16.6. The fourth-order valence-electron chi connectivity index (χ4n) is 2.14. The zero-order valence-corrected chi connectivity index (χ0v) is 11.4. The first-order valence-electron chi connectivity index (χ1n) is 7.23. The highest BCUT2D eigenvalue weighted by Crippen LogP contribution is 2.33. The van der Waals surface area contributed by atoms with Crippen LogP contribution in [0.25, 0.3) is 0 Å². The number of rotatable bonds is 10. The van der Waals surface area contributed by atoms with Gasteiger partial charge in [0.25, 0.3) is 0 Å². The van der Waals surface area contributed by atoms with E-state index in [2.05, 4.69) is 4.90 Å². The monoisotopic (exact) mass is 255 g/mol. The van der Waals surface area contributed by atoms with Crippen molar-refractivity contribution < 1.29 is 14.3 Å². The van der Waals surface area contributed by atoms with Gasteiger partial charge in [0.15, 0.2) is 0 Å². The summed E-state index contributed by atoms with van der Waals surface area (Å²) >= 11 is 0. The summed E-state index contributed by atoms with van der Waals surface area (Å²) in [6.45, 7) is 6.36. The lowest BCUT2D eigenvalue weighted by Gasteiger charge is -2.21. The maximum Gasteiger partial charge on any atom is 0.332 e. The number of carbonyl (C=O) groups excluding carboxylic acids is 1. The van der Waals surface area contributed by atoms with E-state index in [4.69, 9.17) is 9.47 Å². The summed E-state index contributed by atoms with van der Waals surface area (Å²) in [4.78, 5) is 13.6. The summed E-state index contributed by atoms with van der Waals surface area (Å²) in [5.41, 5.74) is 0. The fraction of sp³-hybridized carbons (Fsp3) is 0.929. The van der Waals surface area contributed by atoms with E-state index in [0.717, 1.165) is 18.4 Å². The van der Waals surface area contributed by atoms with Gasteiger partial charge in [-0.25, -0.2) is 4.79 Å². The van der Waals surface area contributed by atoms with Gasteiger partial charge in [0, 0.05) is 19.6 Å². The molecule has 2 aliphatic carbocycles. The molecule has 0 unspecified atom stereocenters. The zero-order chi connectivity index (χ0) is 12.8. The molecule has 0 atom stereocenters. The minimum atomic E-state index is -0.256. The lowest BCUT2D eigenvalue weighted by Crippen LogP contribution is -2.32. The largest absolute Gasteiger partial charge is 0.464 e. The van der Waals surface area contributed by atoms with Crippen LogP contribution in [0.5, 0.6) is 0 Å². The number of hydrogen-bond donors (Lipinski definition) is 0. The van der Waals surface area contributed by atoms with Crippen molar-refractivity contribution in [1.29, 1.82) is 0 Å². The van der Waals surface area contributed by atoms with Crippen LogP contribution in [0.3, 0.4) is 0 Å². The second-order valence-corrected chi connectivity index (χ2v) is 5.50. The van der Waals surface area contributed by atoms with E-state index in [1.807, 2.05) is 6.92 Å². The maximum atomic E-state index is 11.1. The molecule has 0 N–H and O–H groups in total. The van der Waals surface area contributed by atoms with Crippen molar-refractivity contribution >= 4 is 5.97 Å². The van der Waals surface area contributed by atoms with Crippen molar-refractivity contribution in [2.45, 2.75) is 32.6 Å².